The summed E-state index contributed by atoms with van der Waals surface area (Å²) in [6.45, 7) is 12.7. The van der Waals surface area contributed by atoms with Gasteiger partial charge in [-0.1, -0.05) is 11.6 Å². The van der Waals surface area contributed by atoms with E-state index in [1.54, 1.807) is 29.1 Å². The average molecular weight is 521 g/mol. The minimum Gasteiger partial charge on any atom is -0.444 e. The molecule has 0 bridgehead atoms. The number of piperidine rings is 1. The summed E-state index contributed by atoms with van der Waals surface area (Å²) < 4.78 is 21.8. The van der Waals surface area contributed by atoms with Gasteiger partial charge in [0, 0.05) is 49.5 Å². The molecule has 4 rings (SSSR count). The average Bonchev–Trinajstić information content (AvgIpc) is 3.21. The molecule has 0 aliphatic carbocycles. The van der Waals surface area contributed by atoms with Gasteiger partial charge in [0.05, 0.1) is 23.0 Å². The lowest BCUT2D eigenvalue weighted by molar-refractivity contribution is 0.0236. The number of likely N-dealkylation sites (tertiary alicyclic amines) is 1. The normalized spacial score (nSPS) is 14.2. The molecule has 0 saturated carbocycles. The largest absolute Gasteiger partial charge is 0.444 e. The summed E-state index contributed by atoms with van der Waals surface area (Å²) in [5.74, 6) is -0.703. The fraction of sp³-hybridized carbons (Fsp3) is 0.433. The van der Waals surface area contributed by atoms with Crippen molar-refractivity contribution in [1.29, 1.82) is 0 Å². The number of aromatic nitrogens is 2. The molecule has 2 aromatic heterocycles. The molecule has 0 radical (unpaired) electrons. The van der Waals surface area contributed by atoms with Crippen LogP contribution in [-0.4, -0.2) is 63.1 Å². The maximum atomic E-state index is 14.3. The molecule has 2 amide bonds. The third kappa shape index (κ3) is 5.74. The van der Waals surface area contributed by atoms with Crippen LogP contribution in [0.1, 0.15) is 68.9 Å². The number of aryl methyl sites for hydroxylation is 1. The van der Waals surface area contributed by atoms with Gasteiger partial charge in [0.1, 0.15) is 11.4 Å². The van der Waals surface area contributed by atoms with Crippen molar-refractivity contribution in [3.05, 3.63) is 64.9 Å². The first kappa shape index (κ1) is 27.4. The molecule has 0 atom stereocenters. The van der Waals surface area contributed by atoms with E-state index in [4.69, 9.17) is 4.74 Å². The summed E-state index contributed by atoms with van der Waals surface area (Å²) in [6.07, 6.45) is 8.97. The van der Waals surface area contributed by atoms with Crippen LogP contribution in [0, 0.1) is 12.7 Å². The lowest BCUT2D eigenvalue weighted by atomic mass is 10.0. The molecule has 0 spiro atoms. The van der Waals surface area contributed by atoms with Crippen LogP contribution in [-0.2, 0) is 4.74 Å². The van der Waals surface area contributed by atoms with Gasteiger partial charge in [0.15, 0.2) is 0 Å². The third-order valence-corrected chi connectivity index (χ3v) is 6.89. The summed E-state index contributed by atoms with van der Waals surface area (Å²) in [5.41, 5.74) is 4.46. The maximum absolute atomic E-state index is 14.3. The van der Waals surface area contributed by atoms with Crippen molar-refractivity contribution in [3.63, 3.8) is 0 Å². The number of nitrogens with zero attached hydrogens (tertiary/aromatic N) is 4. The molecule has 1 aliphatic rings. The zero-order chi connectivity index (χ0) is 27.8. The monoisotopic (exact) mass is 520 g/mol. The third-order valence-electron chi connectivity index (χ3n) is 6.89. The number of carbonyl (C=O) groups is 2. The van der Waals surface area contributed by atoms with E-state index < -0.39 is 11.4 Å². The van der Waals surface area contributed by atoms with Crippen molar-refractivity contribution < 1.29 is 18.7 Å². The summed E-state index contributed by atoms with van der Waals surface area (Å²) in [7, 11) is 1.72. The Labute approximate surface area is 223 Å². The molecule has 1 aromatic carbocycles. The van der Waals surface area contributed by atoms with Crippen LogP contribution in [0.25, 0.3) is 22.7 Å². The topological polar surface area (TPSA) is 67.7 Å². The summed E-state index contributed by atoms with van der Waals surface area (Å²) in [4.78, 5) is 33.5. The predicted octanol–water partition coefficient (Wildman–Crippen LogP) is 6.37. The van der Waals surface area contributed by atoms with E-state index in [-0.39, 0.29) is 18.0 Å². The zero-order valence-electron chi connectivity index (χ0n) is 23.3. The Morgan fingerprint density at radius 3 is 2.47 bits per heavy atom. The van der Waals surface area contributed by atoms with Gasteiger partial charge >= 0.3 is 6.09 Å². The van der Waals surface area contributed by atoms with E-state index in [1.165, 1.54) is 17.7 Å². The van der Waals surface area contributed by atoms with Crippen LogP contribution in [0.2, 0.25) is 0 Å². The molecule has 8 heteroatoms. The second-order valence-electron chi connectivity index (χ2n) is 11.2. The van der Waals surface area contributed by atoms with Gasteiger partial charge in [-0.15, -0.1) is 0 Å². The van der Waals surface area contributed by atoms with Crippen molar-refractivity contribution in [2.45, 2.75) is 66.0 Å². The number of halogens is 1. The number of benzene rings is 1. The highest BCUT2D eigenvalue weighted by atomic mass is 19.1. The number of ether oxygens (including phenoxy) is 1. The quantitative estimate of drug-likeness (QED) is 0.401. The van der Waals surface area contributed by atoms with E-state index in [9.17, 15) is 14.0 Å². The van der Waals surface area contributed by atoms with Crippen molar-refractivity contribution in [2.24, 2.45) is 0 Å². The first-order valence-corrected chi connectivity index (χ1v) is 13.1. The fourth-order valence-corrected chi connectivity index (χ4v) is 4.67. The molecule has 202 valence electrons. The van der Waals surface area contributed by atoms with Gasteiger partial charge in [0.2, 0.25) is 0 Å². The number of fused-ring (bicyclic) bond motifs is 1. The van der Waals surface area contributed by atoms with E-state index in [0.29, 0.717) is 24.3 Å². The zero-order valence-corrected chi connectivity index (χ0v) is 23.3. The molecule has 0 N–H and O–H groups in total. The molecular formula is C30H37FN4O3. The fourth-order valence-electron chi connectivity index (χ4n) is 4.67. The maximum Gasteiger partial charge on any atom is 0.410 e. The number of rotatable bonds is 4. The van der Waals surface area contributed by atoms with Crippen LogP contribution in [0.5, 0.6) is 0 Å². The van der Waals surface area contributed by atoms with Crippen LogP contribution in [0.15, 0.2) is 42.4 Å². The molecule has 7 nitrogen and oxygen atoms in total. The van der Waals surface area contributed by atoms with Gasteiger partial charge in [-0.05, 0) is 78.1 Å². The molecule has 1 saturated heterocycles. The van der Waals surface area contributed by atoms with Crippen LogP contribution >= 0.6 is 0 Å². The Balaban J connectivity index is 1.72. The second kappa shape index (κ2) is 10.6. The standard InChI is InChI=1S/C30H37FN4O3/c1-19(2)33(7)28(36)24-15-23(31)8-9-25(24)35-18-22(27-20(3)16-32-17-26(27)35)14-21-10-12-34(13-11-21)29(37)38-30(4,5)6/h8-9,14-19H,10-13H2,1-7H3. The van der Waals surface area contributed by atoms with E-state index in [2.05, 4.69) is 11.1 Å². The molecule has 38 heavy (non-hydrogen) atoms. The van der Waals surface area contributed by atoms with E-state index in [0.717, 1.165) is 34.9 Å². The van der Waals surface area contributed by atoms with Gasteiger partial charge in [-0.3, -0.25) is 9.78 Å². The van der Waals surface area contributed by atoms with E-state index in [1.807, 2.05) is 58.5 Å². The number of amides is 2. The Morgan fingerprint density at radius 1 is 1.16 bits per heavy atom. The highest BCUT2D eigenvalue weighted by Gasteiger charge is 2.26. The molecule has 1 fully saturated rings. The lowest BCUT2D eigenvalue weighted by Gasteiger charge is -2.31. The first-order valence-electron chi connectivity index (χ1n) is 13.1. The Bertz CT molecular complexity index is 1390. The van der Waals surface area contributed by atoms with Crippen molar-refractivity contribution in [3.8, 4) is 5.69 Å². The van der Waals surface area contributed by atoms with Crippen LogP contribution in [0.4, 0.5) is 9.18 Å². The Kier molecular flexibility index (Phi) is 7.63. The summed E-state index contributed by atoms with van der Waals surface area (Å²) in [6, 6.07) is 4.29. The molecular weight excluding hydrogens is 483 g/mol. The van der Waals surface area contributed by atoms with Gasteiger partial charge < -0.3 is 19.1 Å². The summed E-state index contributed by atoms with van der Waals surface area (Å²) >= 11 is 0. The number of hydrogen-bond acceptors (Lipinski definition) is 4. The molecule has 3 aromatic rings. The highest BCUT2D eigenvalue weighted by Crippen LogP contribution is 2.32. The second-order valence-corrected chi connectivity index (χ2v) is 11.2. The predicted molar refractivity (Wildman–Crippen MR) is 148 cm³/mol. The van der Waals surface area contributed by atoms with Crippen LogP contribution < -0.4 is 0 Å². The lowest BCUT2D eigenvalue weighted by Crippen LogP contribution is -2.40. The van der Waals surface area contributed by atoms with Gasteiger partial charge in [-0.2, -0.15) is 0 Å². The molecule has 1 aliphatic heterocycles. The van der Waals surface area contributed by atoms with Crippen LogP contribution in [0.3, 0.4) is 0 Å². The molecule has 0 unspecified atom stereocenters. The van der Waals surface area contributed by atoms with Gasteiger partial charge in [-0.25, -0.2) is 9.18 Å². The van der Waals surface area contributed by atoms with Crippen molar-refractivity contribution in [1.82, 2.24) is 19.4 Å². The minimum absolute atomic E-state index is 0.0317. The minimum atomic E-state index is -0.523. The highest BCUT2D eigenvalue weighted by molar-refractivity contribution is 6.00. The summed E-state index contributed by atoms with van der Waals surface area (Å²) in [5, 5.41) is 1.03. The SMILES string of the molecule is Cc1cncc2c1c(C=C1CCN(C(=O)OC(C)(C)C)CC1)cn2-c1ccc(F)cc1C(=O)N(C)C(C)C. The smallest absolute Gasteiger partial charge is 0.410 e. The van der Waals surface area contributed by atoms with Crippen molar-refractivity contribution in [2.75, 3.05) is 20.1 Å². The Morgan fingerprint density at radius 2 is 1.84 bits per heavy atom. The first-order chi connectivity index (χ1) is 17.9. The van der Waals surface area contributed by atoms with E-state index >= 15 is 0 Å². The Hall–Kier alpha value is -3.68. The number of pyridine rings is 1. The number of carbonyl (C=O) groups excluding carboxylic acids is 2. The molecule has 3 heterocycles. The number of hydrogen-bond donors (Lipinski definition) is 0. The van der Waals surface area contributed by atoms with Crippen molar-refractivity contribution >= 4 is 29.0 Å². The van der Waals surface area contributed by atoms with Gasteiger partial charge in [0.25, 0.3) is 5.91 Å².